The maximum Gasteiger partial charge on any atom is 0.410 e. The number of hydrogen-bond acceptors (Lipinski definition) is 4. The highest BCUT2D eigenvalue weighted by atomic mass is 19.1. The molecule has 2 aliphatic heterocycles. The van der Waals surface area contributed by atoms with E-state index >= 15 is 0 Å². The first-order chi connectivity index (χ1) is 14.5. The third-order valence-electron chi connectivity index (χ3n) is 5.26. The Morgan fingerprint density at radius 1 is 1.20 bits per heavy atom. The number of amides is 3. The number of aromatic nitrogens is 1. The van der Waals surface area contributed by atoms with Gasteiger partial charge in [-0.05, 0) is 48.2 Å². The van der Waals surface area contributed by atoms with Gasteiger partial charge in [-0.3, -0.25) is 4.98 Å². The van der Waals surface area contributed by atoms with Crippen LogP contribution < -0.4 is 5.32 Å². The summed E-state index contributed by atoms with van der Waals surface area (Å²) in [5.41, 5.74) is 4.37. The molecule has 0 fully saturated rings. The van der Waals surface area contributed by atoms with E-state index in [2.05, 4.69) is 10.3 Å². The molecule has 0 radical (unpaired) electrons. The number of hydrogen-bond donors (Lipinski definition) is 1. The molecule has 3 heterocycles. The number of nitrogens with zero attached hydrogens (tertiary/aromatic N) is 3. The zero-order valence-electron chi connectivity index (χ0n) is 16.7. The zero-order chi connectivity index (χ0) is 21.1. The van der Waals surface area contributed by atoms with E-state index < -0.39 is 5.82 Å². The lowest BCUT2D eigenvalue weighted by molar-refractivity contribution is 0.111. The highest BCUT2D eigenvalue weighted by molar-refractivity contribution is 5.90. The molecule has 3 amide bonds. The van der Waals surface area contributed by atoms with Crippen LogP contribution in [-0.2, 0) is 17.8 Å². The van der Waals surface area contributed by atoms with Crippen molar-refractivity contribution in [3.63, 3.8) is 0 Å². The second kappa shape index (κ2) is 8.52. The van der Waals surface area contributed by atoms with Gasteiger partial charge in [-0.25, -0.2) is 14.0 Å². The lowest BCUT2D eigenvalue weighted by Gasteiger charge is -2.25. The quantitative estimate of drug-likeness (QED) is 0.830. The van der Waals surface area contributed by atoms with Crippen molar-refractivity contribution in [2.45, 2.75) is 26.4 Å². The predicted molar refractivity (Wildman–Crippen MR) is 110 cm³/mol. The minimum absolute atomic E-state index is 0.247. The van der Waals surface area contributed by atoms with Gasteiger partial charge in [-0.2, -0.15) is 0 Å². The Balaban J connectivity index is 1.34. The van der Waals surface area contributed by atoms with E-state index in [1.165, 1.54) is 12.3 Å². The minimum atomic E-state index is -0.394. The normalized spacial score (nSPS) is 15.5. The van der Waals surface area contributed by atoms with Gasteiger partial charge < -0.3 is 19.9 Å². The van der Waals surface area contributed by atoms with Gasteiger partial charge in [0.25, 0.3) is 0 Å². The van der Waals surface area contributed by atoms with Crippen LogP contribution in [0.5, 0.6) is 0 Å². The predicted octanol–water partition coefficient (Wildman–Crippen LogP) is 4.01. The molecule has 156 valence electrons. The van der Waals surface area contributed by atoms with Gasteiger partial charge in [0, 0.05) is 25.3 Å². The fourth-order valence-corrected chi connectivity index (χ4v) is 3.66. The molecule has 0 saturated heterocycles. The van der Waals surface area contributed by atoms with E-state index in [-0.39, 0.29) is 12.1 Å². The molecule has 1 aromatic carbocycles. The molecule has 2 aliphatic rings. The van der Waals surface area contributed by atoms with Crippen molar-refractivity contribution in [2.24, 2.45) is 0 Å². The smallest absolute Gasteiger partial charge is 0.410 e. The number of fused-ring (bicyclic) bond motifs is 1. The van der Waals surface area contributed by atoms with Gasteiger partial charge >= 0.3 is 12.1 Å². The molecule has 0 atom stereocenters. The van der Waals surface area contributed by atoms with Gasteiger partial charge in [-0.15, -0.1) is 0 Å². The topological polar surface area (TPSA) is 74.8 Å². The van der Waals surface area contributed by atoms with Crippen LogP contribution in [0.25, 0.3) is 5.57 Å². The van der Waals surface area contributed by atoms with Gasteiger partial charge in [0.15, 0.2) is 0 Å². The molecule has 8 heteroatoms. The first-order valence-electron chi connectivity index (χ1n) is 9.94. The number of urea groups is 1. The Morgan fingerprint density at radius 3 is 2.70 bits per heavy atom. The van der Waals surface area contributed by atoms with Gasteiger partial charge in [-0.1, -0.05) is 18.2 Å². The lowest BCUT2D eigenvalue weighted by atomic mass is 9.99. The van der Waals surface area contributed by atoms with Crippen molar-refractivity contribution < 1.29 is 18.7 Å². The van der Waals surface area contributed by atoms with Crippen molar-refractivity contribution >= 4 is 23.4 Å². The number of rotatable bonds is 3. The van der Waals surface area contributed by atoms with E-state index in [9.17, 15) is 14.0 Å². The molecule has 0 bridgehead atoms. The van der Waals surface area contributed by atoms with Crippen molar-refractivity contribution in [2.75, 3.05) is 25.0 Å². The van der Waals surface area contributed by atoms with Crippen LogP contribution in [0.3, 0.4) is 0 Å². The Kier molecular flexibility index (Phi) is 5.65. The van der Waals surface area contributed by atoms with E-state index in [1.807, 2.05) is 30.3 Å². The fourth-order valence-electron chi connectivity index (χ4n) is 3.66. The molecule has 0 unspecified atom stereocenters. The third-order valence-corrected chi connectivity index (χ3v) is 5.26. The number of halogens is 1. The Morgan fingerprint density at radius 2 is 2.00 bits per heavy atom. The van der Waals surface area contributed by atoms with Crippen molar-refractivity contribution in [1.29, 1.82) is 0 Å². The molecule has 0 aliphatic carbocycles. The van der Waals surface area contributed by atoms with Crippen LogP contribution in [0, 0.1) is 5.82 Å². The highest BCUT2D eigenvalue weighted by Crippen LogP contribution is 2.25. The third kappa shape index (κ3) is 4.27. The van der Waals surface area contributed by atoms with E-state index in [0.29, 0.717) is 38.5 Å². The minimum Gasteiger partial charge on any atom is -0.450 e. The van der Waals surface area contributed by atoms with Crippen LogP contribution in [-0.4, -0.2) is 46.6 Å². The molecular formula is C22H23FN4O3. The van der Waals surface area contributed by atoms with Gasteiger partial charge in [0.2, 0.25) is 0 Å². The monoisotopic (exact) mass is 410 g/mol. The van der Waals surface area contributed by atoms with Crippen LogP contribution in [0.4, 0.5) is 19.7 Å². The second-order valence-electron chi connectivity index (χ2n) is 7.25. The van der Waals surface area contributed by atoms with Crippen LogP contribution >= 0.6 is 0 Å². The maximum atomic E-state index is 13.3. The van der Waals surface area contributed by atoms with Gasteiger partial charge in [0.1, 0.15) is 5.82 Å². The van der Waals surface area contributed by atoms with E-state index in [4.69, 9.17) is 4.74 Å². The summed E-state index contributed by atoms with van der Waals surface area (Å²) in [5.74, 6) is -0.394. The van der Waals surface area contributed by atoms with Crippen LogP contribution in [0.15, 0.2) is 42.6 Å². The highest BCUT2D eigenvalue weighted by Gasteiger charge is 2.25. The summed E-state index contributed by atoms with van der Waals surface area (Å²) in [6.45, 7) is 4.01. The van der Waals surface area contributed by atoms with E-state index in [1.54, 1.807) is 16.7 Å². The summed E-state index contributed by atoms with van der Waals surface area (Å²) in [6, 6.07) is 8.79. The zero-order valence-corrected chi connectivity index (χ0v) is 16.7. The number of ether oxygens (including phenoxy) is 1. The Bertz CT molecular complexity index is 990. The second-order valence-corrected chi connectivity index (χ2v) is 7.25. The van der Waals surface area contributed by atoms with Gasteiger partial charge in [0.05, 0.1) is 25.0 Å². The molecule has 30 heavy (non-hydrogen) atoms. The summed E-state index contributed by atoms with van der Waals surface area (Å²) in [7, 11) is 0. The van der Waals surface area contributed by atoms with Crippen molar-refractivity contribution in [3.8, 4) is 0 Å². The summed E-state index contributed by atoms with van der Waals surface area (Å²) < 4.78 is 18.3. The first-order valence-corrected chi connectivity index (χ1v) is 9.94. The van der Waals surface area contributed by atoms with Crippen LogP contribution in [0.1, 0.15) is 30.2 Å². The summed E-state index contributed by atoms with van der Waals surface area (Å²) >= 11 is 0. The maximum absolute atomic E-state index is 13.3. The number of carbonyl (C=O) groups excluding carboxylic acids is 2. The number of pyridine rings is 1. The molecule has 1 aromatic heterocycles. The fraction of sp³-hybridized carbons (Fsp3) is 0.318. The molecule has 2 aromatic rings. The van der Waals surface area contributed by atoms with Crippen LogP contribution in [0.2, 0.25) is 0 Å². The standard InChI is InChI=1S/C22H23FN4O3/c1-2-30-22(29)26-9-7-16(8-10-26)15-3-5-19(6-4-15)25-21(28)27-13-17-11-18(23)12-24-20(17)14-27/h3-7,11-12H,2,8-10,13-14H2,1H3,(H,25,28). The Hall–Kier alpha value is -3.42. The average molecular weight is 410 g/mol. The van der Waals surface area contributed by atoms with E-state index in [0.717, 1.165) is 28.8 Å². The summed E-state index contributed by atoms with van der Waals surface area (Å²) in [6.07, 6.45) is 3.67. The molecule has 0 saturated carbocycles. The Labute approximate surface area is 174 Å². The first kappa shape index (κ1) is 19.9. The SMILES string of the molecule is CCOC(=O)N1CC=C(c2ccc(NC(=O)N3Cc4cc(F)cnc4C3)cc2)CC1. The number of carbonyl (C=O) groups is 2. The lowest BCUT2D eigenvalue weighted by Crippen LogP contribution is -2.35. The van der Waals surface area contributed by atoms with Crippen molar-refractivity contribution in [1.82, 2.24) is 14.8 Å². The average Bonchev–Trinajstić information content (AvgIpc) is 3.18. The summed E-state index contributed by atoms with van der Waals surface area (Å²) in [5, 5.41) is 2.88. The molecule has 7 nitrogen and oxygen atoms in total. The molecule has 1 N–H and O–H groups in total. The largest absolute Gasteiger partial charge is 0.450 e. The molecule has 4 rings (SSSR count). The number of benzene rings is 1. The summed E-state index contributed by atoms with van der Waals surface area (Å²) in [4.78, 5) is 31.7. The molecular weight excluding hydrogens is 387 g/mol. The van der Waals surface area contributed by atoms with Crippen molar-refractivity contribution in [3.05, 3.63) is 65.2 Å². The number of nitrogens with one attached hydrogen (secondary N) is 1. The molecule has 0 spiro atoms. The number of anilines is 1.